The third-order valence-electron chi connectivity index (χ3n) is 4.03. The van der Waals surface area contributed by atoms with Crippen LogP contribution in [0.5, 0.6) is 0 Å². The second-order valence-corrected chi connectivity index (χ2v) is 6.28. The highest BCUT2D eigenvalue weighted by atomic mass is 35.5. The first-order valence-corrected chi connectivity index (χ1v) is 7.54. The number of halogens is 1. The van der Waals surface area contributed by atoms with E-state index in [2.05, 4.69) is 17.5 Å². The summed E-state index contributed by atoms with van der Waals surface area (Å²) in [6, 6.07) is 4.18. The predicted octanol–water partition coefficient (Wildman–Crippen LogP) is 2.69. The Morgan fingerprint density at radius 2 is 2.16 bits per heavy atom. The van der Waals surface area contributed by atoms with Crippen molar-refractivity contribution >= 4 is 29.7 Å². The molecule has 5 heteroatoms. The Kier molecular flexibility index (Phi) is 6.30. The fourth-order valence-corrected chi connectivity index (χ4v) is 3.49. The lowest BCUT2D eigenvalue weighted by atomic mass is 9.84. The first-order valence-electron chi connectivity index (χ1n) is 6.66. The van der Waals surface area contributed by atoms with E-state index in [0.717, 1.165) is 38.6 Å². The zero-order chi connectivity index (χ0) is 13.0. The molecule has 0 atom stereocenters. The van der Waals surface area contributed by atoms with Gasteiger partial charge in [-0.05, 0) is 30.7 Å². The normalized spacial score (nSPS) is 16.9. The van der Waals surface area contributed by atoms with E-state index in [1.54, 1.807) is 11.3 Å². The molecule has 1 aromatic heterocycles. The lowest BCUT2D eigenvalue weighted by Gasteiger charge is -2.31. The van der Waals surface area contributed by atoms with E-state index in [1.807, 2.05) is 11.9 Å². The highest BCUT2D eigenvalue weighted by Gasteiger charge is 2.41. The average molecular weight is 303 g/mol. The summed E-state index contributed by atoms with van der Waals surface area (Å²) < 4.78 is 0. The Hall–Kier alpha value is -0.580. The number of thiophene rings is 1. The number of likely N-dealkylation sites (N-methyl/N-ethyl adjacent to an activating group) is 1. The van der Waals surface area contributed by atoms with Crippen molar-refractivity contribution in [1.29, 1.82) is 0 Å². The number of carbonyl (C=O) groups is 1. The van der Waals surface area contributed by atoms with Crippen LogP contribution in [-0.4, -0.2) is 30.9 Å². The van der Waals surface area contributed by atoms with Crippen LogP contribution in [0.15, 0.2) is 17.5 Å². The van der Waals surface area contributed by atoms with Crippen LogP contribution in [0.2, 0.25) is 0 Å². The Labute approximate surface area is 125 Å². The van der Waals surface area contributed by atoms with Gasteiger partial charge in [-0.15, -0.1) is 23.7 Å². The molecule has 2 rings (SSSR count). The Balaban J connectivity index is 0.00000180. The SMILES string of the molecule is CN(CCc1cccs1)C(=O)C1(CN)CCCC1.Cl. The summed E-state index contributed by atoms with van der Waals surface area (Å²) in [6.45, 7) is 1.29. The summed E-state index contributed by atoms with van der Waals surface area (Å²) in [7, 11) is 1.91. The van der Waals surface area contributed by atoms with E-state index >= 15 is 0 Å². The molecule has 0 spiro atoms. The van der Waals surface area contributed by atoms with E-state index in [4.69, 9.17) is 5.73 Å². The summed E-state index contributed by atoms with van der Waals surface area (Å²) in [5.74, 6) is 0.249. The van der Waals surface area contributed by atoms with Crippen LogP contribution in [0.1, 0.15) is 30.6 Å². The maximum absolute atomic E-state index is 12.5. The summed E-state index contributed by atoms with van der Waals surface area (Å²) in [4.78, 5) is 15.7. The average Bonchev–Trinajstić information content (AvgIpc) is 3.06. The van der Waals surface area contributed by atoms with E-state index in [9.17, 15) is 4.79 Å². The summed E-state index contributed by atoms with van der Waals surface area (Å²) in [6.07, 6.45) is 5.15. The lowest BCUT2D eigenvalue weighted by Crippen LogP contribution is -2.45. The van der Waals surface area contributed by atoms with Crippen molar-refractivity contribution in [3.63, 3.8) is 0 Å². The number of hydrogen-bond donors (Lipinski definition) is 1. The molecular weight excluding hydrogens is 280 g/mol. The molecule has 3 nitrogen and oxygen atoms in total. The van der Waals surface area contributed by atoms with Gasteiger partial charge in [0.25, 0.3) is 0 Å². The van der Waals surface area contributed by atoms with Crippen molar-refractivity contribution in [3.8, 4) is 0 Å². The molecule has 1 aliphatic carbocycles. The van der Waals surface area contributed by atoms with Crippen LogP contribution in [0.3, 0.4) is 0 Å². The Bertz CT molecular complexity index is 388. The van der Waals surface area contributed by atoms with Crippen LogP contribution >= 0.6 is 23.7 Å². The summed E-state index contributed by atoms with van der Waals surface area (Å²) in [5, 5.41) is 2.08. The van der Waals surface area contributed by atoms with Gasteiger partial charge < -0.3 is 10.6 Å². The van der Waals surface area contributed by atoms with Crippen molar-refractivity contribution in [2.45, 2.75) is 32.1 Å². The van der Waals surface area contributed by atoms with Crippen LogP contribution in [0, 0.1) is 5.41 Å². The molecule has 108 valence electrons. The molecule has 1 amide bonds. The number of hydrogen-bond acceptors (Lipinski definition) is 3. The first kappa shape index (κ1) is 16.5. The molecule has 1 aromatic rings. The van der Waals surface area contributed by atoms with Gasteiger partial charge in [0.2, 0.25) is 5.91 Å². The minimum absolute atomic E-state index is 0. The minimum Gasteiger partial charge on any atom is -0.345 e. The molecule has 0 bridgehead atoms. The molecule has 0 aliphatic heterocycles. The van der Waals surface area contributed by atoms with Crippen molar-refractivity contribution in [1.82, 2.24) is 4.90 Å². The molecule has 1 saturated carbocycles. The van der Waals surface area contributed by atoms with E-state index in [0.29, 0.717) is 6.54 Å². The zero-order valence-corrected chi connectivity index (χ0v) is 13.1. The molecule has 0 unspecified atom stereocenters. The number of rotatable bonds is 5. The second-order valence-electron chi connectivity index (χ2n) is 5.25. The van der Waals surface area contributed by atoms with Gasteiger partial charge in [-0.2, -0.15) is 0 Å². The van der Waals surface area contributed by atoms with Crippen molar-refractivity contribution in [2.75, 3.05) is 20.1 Å². The van der Waals surface area contributed by atoms with Crippen LogP contribution in [-0.2, 0) is 11.2 Å². The van der Waals surface area contributed by atoms with Crippen molar-refractivity contribution < 1.29 is 4.79 Å². The zero-order valence-electron chi connectivity index (χ0n) is 11.4. The highest BCUT2D eigenvalue weighted by Crippen LogP contribution is 2.38. The van der Waals surface area contributed by atoms with Gasteiger partial charge >= 0.3 is 0 Å². The Morgan fingerprint density at radius 1 is 1.47 bits per heavy atom. The monoisotopic (exact) mass is 302 g/mol. The largest absolute Gasteiger partial charge is 0.345 e. The van der Waals surface area contributed by atoms with Gasteiger partial charge in [-0.3, -0.25) is 4.79 Å². The maximum Gasteiger partial charge on any atom is 0.229 e. The highest BCUT2D eigenvalue weighted by molar-refractivity contribution is 7.09. The number of amides is 1. The number of nitrogens with two attached hydrogens (primary N) is 1. The molecular formula is C14H23ClN2OS. The third-order valence-corrected chi connectivity index (χ3v) is 4.96. The summed E-state index contributed by atoms with van der Waals surface area (Å²) in [5.41, 5.74) is 5.59. The topological polar surface area (TPSA) is 46.3 Å². The maximum atomic E-state index is 12.5. The molecule has 0 saturated heterocycles. The molecule has 2 N–H and O–H groups in total. The van der Waals surface area contributed by atoms with E-state index in [-0.39, 0.29) is 23.7 Å². The van der Waals surface area contributed by atoms with Gasteiger partial charge in [0.15, 0.2) is 0 Å². The fraction of sp³-hybridized carbons (Fsp3) is 0.643. The van der Waals surface area contributed by atoms with Crippen LogP contribution < -0.4 is 5.73 Å². The van der Waals surface area contributed by atoms with Crippen LogP contribution in [0.25, 0.3) is 0 Å². The molecule has 1 aliphatic rings. The third kappa shape index (κ3) is 3.71. The lowest BCUT2D eigenvalue weighted by molar-refractivity contribution is -0.140. The molecule has 19 heavy (non-hydrogen) atoms. The first-order chi connectivity index (χ1) is 8.68. The van der Waals surface area contributed by atoms with Crippen LogP contribution in [0.4, 0.5) is 0 Å². The summed E-state index contributed by atoms with van der Waals surface area (Å²) >= 11 is 1.75. The molecule has 0 aromatic carbocycles. The van der Waals surface area contributed by atoms with Gasteiger partial charge in [0.05, 0.1) is 5.41 Å². The van der Waals surface area contributed by atoms with Gasteiger partial charge in [0.1, 0.15) is 0 Å². The molecule has 1 heterocycles. The Morgan fingerprint density at radius 3 is 2.68 bits per heavy atom. The number of carbonyl (C=O) groups excluding carboxylic acids is 1. The smallest absolute Gasteiger partial charge is 0.229 e. The predicted molar refractivity (Wildman–Crippen MR) is 82.9 cm³/mol. The van der Waals surface area contributed by atoms with Gasteiger partial charge in [-0.1, -0.05) is 18.9 Å². The van der Waals surface area contributed by atoms with Gasteiger partial charge in [0, 0.05) is 25.0 Å². The second kappa shape index (κ2) is 7.27. The van der Waals surface area contributed by atoms with E-state index in [1.165, 1.54) is 4.88 Å². The van der Waals surface area contributed by atoms with Crippen molar-refractivity contribution in [2.24, 2.45) is 11.1 Å². The number of nitrogens with zero attached hydrogens (tertiary/aromatic N) is 1. The quantitative estimate of drug-likeness (QED) is 0.909. The van der Waals surface area contributed by atoms with E-state index < -0.39 is 0 Å². The fourth-order valence-electron chi connectivity index (χ4n) is 2.80. The van der Waals surface area contributed by atoms with Gasteiger partial charge in [-0.25, -0.2) is 0 Å². The standard InChI is InChI=1S/C14H22N2OS.ClH/c1-16(9-6-12-5-4-10-18-12)13(17)14(11-15)7-2-3-8-14;/h4-5,10H,2-3,6-9,11,15H2,1H3;1H. The molecule has 0 radical (unpaired) electrons. The minimum atomic E-state index is -0.260. The van der Waals surface area contributed by atoms with Crippen molar-refractivity contribution in [3.05, 3.63) is 22.4 Å². The molecule has 1 fully saturated rings.